The van der Waals surface area contributed by atoms with Crippen molar-refractivity contribution in [2.24, 2.45) is 19.3 Å². The summed E-state index contributed by atoms with van der Waals surface area (Å²) in [4.78, 5) is 12.0. The van der Waals surface area contributed by atoms with E-state index in [1.165, 1.54) is 6.21 Å². The monoisotopic (exact) mass is 405 g/mol. The highest BCUT2D eigenvalue weighted by Crippen LogP contribution is 2.06. The number of rotatable bonds is 3. The Morgan fingerprint density at radius 2 is 1.52 bits per heavy atom. The molecule has 0 amide bonds. The third kappa shape index (κ3) is 7.56. The van der Waals surface area contributed by atoms with Gasteiger partial charge in [-0.1, -0.05) is 35.5 Å². The molecule has 1 N–H and O–H groups in total. The van der Waals surface area contributed by atoms with Gasteiger partial charge in [-0.3, -0.25) is 4.79 Å². The van der Waals surface area contributed by atoms with Crippen LogP contribution in [0.3, 0.4) is 0 Å². The summed E-state index contributed by atoms with van der Waals surface area (Å²) in [6.45, 7) is 0. The van der Waals surface area contributed by atoms with Crippen LogP contribution in [0.2, 0.25) is 0 Å². The highest BCUT2D eigenvalue weighted by molar-refractivity contribution is 6.08. The minimum atomic E-state index is 0. The van der Waals surface area contributed by atoms with E-state index in [9.17, 15) is 4.79 Å². The van der Waals surface area contributed by atoms with E-state index >= 15 is 0 Å². The van der Waals surface area contributed by atoms with Gasteiger partial charge in [-0.15, -0.1) is 0 Å². The van der Waals surface area contributed by atoms with Crippen molar-refractivity contribution in [3.05, 3.63) is 96.1 Å². The standard InChI is InChI=1S/C13H12NO.C7H8N2O.2ClH/c1-14-9-5-8-12(10-14)13(15)11-6-3-2-4-7-11;1-9-5-3-2-4-7(9)6-8-10;;/h2-10H,1H3;2-6H,1H3;2*1H/q+1;;;/p-1. The normalized spacial score (nSPS) is 9.41. The maximum absolute atomic E-state index is 12.0. The quantitative estimate of drug-likeness (QED) is 0.159. The van der Waals surface area contributed by atoms with E-state index in [0.29, 0.717) is 5.56 Å². The Balaban J connectivity index is 0.000000500. The molecule has 0 saturated carbocycles. The van der Waals surface area contributed by atoms with Gasteiger partial charge in [0, 0.05) is 23.8 Å². The van der Waals surface area contributed by atoms with Crippen LogP contribution in [0.15, 0.2) is 84.4 Å². The van der Waals surface area contributed by atoms with E-state index in [1.807, 2.05) is 102 Å². The Morgan fingerprint density at radius 3 is 2.11 bits per heavy atom. The summed E-state index contributed by atoms with van der Waals surface area (Å²) in [5, 5.41) is 11.1. The molecule has 0 saturated heterocycles. The molecule has 0 unspecified atom stereocenters. The number of hydrogen-bond donors (Lipinski definition) is 1. The average Bonchev–Trinajstić information content (AvgIpc) is 2.64. The fourth-order valence-electron chi connectivity index (χ4n) is 2.21. The first-order valence-corrected chi connectivity index (χ1v) is 7.79. The maximum atomic E-state index is 12.0. The predicted molar refractivity (Wildman–Crippen MR) is 94.5 cm³/mol. The third-order valence-electron chi connectivity index (χ3n) is 3.52. The first kappa shape index (κ1) is 24.2. The number of aromatic nitrogens is 2. The molecule has 0 aliphatic heterocycles. The minimum Gasteiger partial charge on any atom is -1.00 e. The number of carbonyl (C=O) groups excluding carboxylic acids is 1. The largest absolute Gasteiger partial charge is 1.00 e. The number of aryl methyl sites for hydroxylation is 2. The van der Waals surface area contributed by atoms with Crippen LogP contribution in [0.4, 0.5) is 0 Å². The fraction of sp³-hybridized carbons (Fsp3) is 0.100. The zero-order valence-electron chi connectivity index (χ0n) is 15.0. The number of hydrogen-bond acceptors (Lipinski definition) is 3. The second-order valence-corrected chi connectivity index (χ2v) is 5.43. The molecule has 2 aromatic heterocycles. The number of benzene rings is 1. The van der Waals surface area contributed by atoms with Crippen LogP contribution in [0.25, 0.3) is 0 Å². The van der Waals surface area contributed by atoms with Crippen LogP contribution in [0.5, 0.6) is 0 Å². The molecule has 0 aliphatic carbocycles. The van der Waals surface area contributed by atoms with E-state index in [2.05, 4.69) is 5.16 Å². The number of oxime groups is 1. The van der Waals surface area contributed by atoms with Crippen LogP contribution >= 0.6 is 0 Å². The van der Waals surface area contributed by atoms with Crippen LogP contribution < -0.4 is 33.9 Å². The number of ketones is 1. The van der Waals surface area contributed by atoms with Crippen molar-refractivity contribution in [1.29, 1.82) is 0 Å². The second-order valence-electron chi connectivity index (χ2n) is 5.43. The van der Waals surface area contributed by atoms with Gasteiger partial charge in [-0.2, -0.15) is 0 Å². The van der Waals surface area contributed by atoms with Crippen LogP contribution in [-0.4, -0.2) is 17.2 Å². The van der Waals surface area contributed by atoms with Gasteiger partial charge in [0.05, 0.1) is 5.56 Å². The van der Waals surface area contributed by atoms with Gasteiger partial charge in [0.25, 0.3) is 0 Å². The zero-order chi connectivity index (χ0) is 18.1. The molecule has 1 aromatic carbocycles. The van der Waals surface area contributed by atoms with Gasteiger partial charge < -0.3 is 30.0 Å². The third-order valence-corrected chi connectivity index (χ3v) is 3.52. The zero-order valence-corrected chi connectivity index (χ0v) is 16.5. The van der Waals surface area contributed by atoms with Crippen molar-refractivity contribution in [2.45, 2.75) is 0 Å². The molecule has 3 aromatic rings. The van der Waals surface area contributed by atoms with Gasteiger partial charge in [0.1, 0.15) is 20.3 Å². The molecule has 7 heteroatoms. The Morgan fingerprint density at radius 1 is 0.889 bits per heavy atom. The molecule has 27 heavy (non-hydrogen) atoms. The second kappa shape index (κ2) is 12.6. The molecule has 0 fully saturated rings. The summed E-state index contributed by atoms with van der Waals surface area (Å²) in [5.74, 6) is 0.0619. The average molecular weight is 406 g/mol. The highest BCUT2D eigenvalue weighted by Gasteiger charge is 2.10. The molecule has 5 nitrogen and oxygen atoms in total. The molecular formula is C20H21Cl2N3O2. The lowest BCUT2D eigenvalue weighted by molar-refractivity contribution is -0.672. The smallest absolute Gasteiger partial charge is 0.226 e. The van der Waals surface area contributed by atoms with E-state index in [1.54, 1.807) is 0 Å². The predicted octanol–water partition coefficient (Wildman–Crippen LogP) is -3.93. The van der Waals surface area contributed by atoms with Crippen molar-refractivity contribution in [2.75, 3.05) is 0 Å². The molecule has 0 radical (unpaired) electrons. The number of nitrogens with zero attached hydrogens (tertiary/aromatic N) is 3. The Kier molecular flexibility index (Phi) is 11.3. The van der Waals surface area contributed by atoms with E-state index in [4.69, 9.17) is 5.21 Å². The van der Waals surface area contributed by atoms with Crippen LogP contribution in [0, 0.1) is 0 Å². The topological polar surface area (TPSA) is 57.4 Å². The Bertz CT molecular complexity index is 872. The summed E-state index contributed by atoms with van der Waals surface area (Å²) in [5.41, 5.74) is 2.31. The molecule has 0 atom stereocenters. The van der Waals surface area contributed by atoms with E-state index in [0.717, 1.165) is 11.3 Å². The summed E-state index contributed by atoms with van der Waals surface area (Å²) in [7, 11) is 3.79. The molecule has 0 bridgehead atoms. The lowest BCUT2D eigenvalue weighted by atomic mass is 10.1. The maximum Gasteiger partial charge on any atom is 0.226 e. The van der Waals surface area contributed by atoms with Crippen molar-refractivity contribution in [3.8, 4) is 0 Å². The van der Waals surface area contributed by atoms with Gasteiger partial charge >= 0.3 is 0 Å². The van der Waals surface area contributed by atoms with Gasteiger partial charge in [0.2, 0.25) is 5.69 Å². The summed E-state index contributed by atoms with van der Waals surface area (Å²) in [6.07, 6.45) is 7.01. The van der Waals surface area contributed by atoms with Crippen molar-refractivity contribution >= 4 is 12.0 Å². The lowest BCUT2D eigenvalue weighted by Gasteiger charge is -1.98. The summed E-state index contributed by atoms with van der Waals surface area (Å²) in [6, 6.07) is 18.7. The summed E-state index contributed by atoms with van der Waals surface area (Å²) >= 11 is 0. The molecule has 0 aliphatic rings. The molecule has 2 heterocycles. The van der Waals surface area contributed by atoms with Gasteiger partial charge in [-0.25, -0.2) is 9.13 Å². The number of halogens is 2. The molecule has 0 spiro atoms. The first-order valence-electron chi connectivity index (χ1n) is 7.79. The highest BCUT2D eigenvalue weighted by atomic mass is 35.5. The van der Waals surface area contributed by atoms with Crippen molar-refractivity contribution < 1.29 is 44.0 Å². The fourth-order valence-corrected chi connectivity index (χ4v) is 2.21. The molecule has 3 rings (SSSR count). The Hall–Kier alpha value is -2.76. The molecular weight excluding hydrogens is 385 g/mol. The van der Waals surface area contributed by atoms with Crippen LogP contribution in [0.1, 0.15) is 21.6 Å². The van der Waals surface area contributed by atoms with Crippen molar-refractivity contribution in [1.82, 2.24) is 0 Å². The van der Waals surface area contributed by atoms with Crippen molar-refractivity contribution in [3.63, 3.8) is 0 Å². The first-order chi connectivity index (χ1) is 12.1. The Labute approximate surface area is 171 Å². The SMILES string of the molecule is C[n+]1cccc(C(=O)c2ccccc2)c1.C[n+]1ccccc1C=NO.[Cl-].[Cl-]. The lowest BCUT2D eigenvalue weighted by Crippen LogP contribution is -3.00. The number of pyridine rings is 2. The van der Waals surface area contributed by atoms with Gasteiger partial charge in [-0.05, 0) is 12.1 Å². The van der Waals surface area contributed by atoms with Crippen LogP contribution in [-0.2, 0) is 14.1 Å². The van der Waals surface area contributed by atoms with E-state index in [-0.39, 0.29) is 30.6 Å². The van der Waals surface area contributed by atoms with E-state index < -0.39 is 0 Å². The van der Waals surface area contributed by atoms with Gasteiger partial charge in [0.15, 0.2) is 24.4 Å². The number of carbonyl (C=O) groups is 1. The molecule has 142 valence electrons. The summed E-state index contributed by atoms with van der Waals surface area (Å²) < 4.78 is 3.73. The minimum absolute atomic E-state index is 0.